The Bertz CT molecular complexity index is 316. The van der Waals surface area contributed by atoms with Gasteiger partial charge in [0, 0.05) is 6.08 Å². The van der Waals surface area contributed by atoms with E-state index in [1.807, 2.05) is 0 Å². The maximum atomic E-state index is 9.97. The van der Waals surface area contributed by atoms with Crippen LogP contribution in [0, 0.1) is 10.1 Å². The Morgan fingerprint density at radius 3 is 2.46 bits per heavy atom. The van der Waals surface area contributed by atoms with Crippen molar-refractivity contribution in [2.75, 3.05) is 0 Å². The summed E-state index contributed by atoms with van der Waals surface area (Å²) in [5.41, 5.74) is 1.53. The fourth-order valence-corrected chi connectivity index (χ4v) is 0.881. The van der Waals surface area contributed by atoms with Crippen LogP contribution in [0.2, 0.25) is 0 Å². The number of aliphatic hydroxyl groups is 1. The smallest absolute Gasteiger partial charge is 0.235 e. The molecule has 0 unspecified atom stereocenters. The van der Waals surface area contributed by atoms with E-state index in [4.69, 9.17) is 5.11 Å². The maximum absolute atomic E-state index is 9.97. The van der Waals surface area contributed by atoms with E-state index in [-0.39, 0.29) is 6.61 Å². The van der Waals surface area contributed by atoms with Crippen molar-refractivity contribution in [3.05, 3.63) is 51.7 Å². The first kappa shape index (κ1) is 9.41. The molecule has 0 saturated heterocycles. The predicted molar refractivity (Wildman–Crippen MR) is 48.4 cm³/mol. The summed E-state index contributed by atoms with van der Waals surface area (Å²) in [6, 6.07) is 6.87. The Hall–Kier alpha value is -1.68. The van der Waals surface area contributed by atoms with Gasteiger partial charge in [-0.2, -0.15) is 0 Å². The van der Waals surface area contributed by atoms with Crippen LogP contribution in [-0.2, 0) is 6.61 Å². The second-order valence-corrected chi connectivity index (χ2v) is 2.50. The number of hydrogen-bond donors (Lipinski definition) is 1. The third-order valence-electron chi connectivity index (χ3n) is 1.55. The summed E-state index contributed by atoms with van der Waals surface area (Å²) in [5, 5.41) is 18.7. The number of nitrogens with zero attached hydrogens (tertiary/aromatic N) is 1. The zero-order valence-electron chi connectivity index (χ0n) is 6.88. The zero-order valence-corrected chi connectivity index (χ0v) is 6.88. The molecule has 0 aliphatic carbocycles. The highest BCUT2D eigenvalue weighted by Gasteiger charge is 1.91. The van der Waals surface area contributed by atoms with E-state index in [0.717, 1.165) is 17.3 Å². The Morgan fingerprint density at radius 1 is 1.38 bits per heavy atom. The zero-order chi connectivity index (χ0) is 9.68. The van der Waals surface area contributed by atoms with Gasteiger partial charge < -0.3 is 5.11 Å². The number of benzene rings is 1. The van der Waals surface area contributed by atoms with Crippen LogP contribution in [0.15, 0.2) is 30.5 Å². The van der Waals surface area contributed by atoms with Gasteiger partial charge in [0.25, 0.3) is 0 Å². The summed E-state index contributed by atoms with van der Waals surface area (Å²) < 4.78 is 0. The van der Waals surface area contributed by atoms with Crippen LogP contribution in [0.4, 0.5) is 0 Å². The fraction of sp³-hybridized carbons (Fsp3) is 0.111. The van der Waals surface area contributed by atoms with Crippen molar-refractivity contribution in [3.8, 4) is 0 Å². The van der Waals surface area contributed by atoms with Gasteiger partial charge in [0.2, 0.25) is 6.20 Å². The number of rotatable bonds is 3. The second-order valence-electron chi connectivity index (χ2n) is 2.50. The lowest BCUT2D eigenvalue weighted by molar-refractivity contribution is -0.400. The summed E-state index contributed by atoms with van der Waals surface area (Å²) in [6.07, 6.45) is 2.29. The Balaban J connectivity index is 2.75. The van der Waals surface area contributed by atoms with Crippen molar-refractivity contribution in [1.29, 1.82) is 0 Å². The van der Waals surface area contributed by atoms with Gasteiger partial charge in [0.05, 0.1) is 11.5 Å². The average Bonchev–Trinajstić information content (AvgIpc) is 2.15. The molecule has 4 nitrogen and oxygen atoms in total. The Morgan fingerprint density at radius 2 is 2.00 bits per heavy atom. The summed E-state index contributed by atoms with van der Waals surface area (Å²) in [4.78, 5) is 9.46. The summed E-state index contributed by atoms with van der Waals surface area (Å²) in [5.74, 6) is 0. The van der Waals surface area contributed by atoms with Crippen LogP contribution in [0.25, 0.3) is 6.08 Å². The molecule has 0 heterocycles. The lowest BCUT2D eigenvalue weighted by Crippen LogP contribution is -1.84. The molecule has 13 heavy (non-hydrogen) atoms. The van der Waals surface area contributed by atoms with Crippen LogP contribution < -0.4 is 0 Å². The molecule has 1 aromatic carbocycles. The van der Waals surface area contributed by atoms with Crippen molar-refractivity contribution >= 4 is 6.08 Å². The van der Waals surface area contributed by atoms with Gasteiger partial charge in [-0.3, -0.25) is 10.1 Å². The molecule has 4 heteroatoms. The van der Waals surface area contributed by atoms with E-state index in [9.17, 15) is 10.1 Å². The van der Waals surface area contributed by atoms with E-state index in [1.54, 1.807) is 24.3 Å². The molecular weight excluding hydrogens is 170 g/mol. The minimum absolute atomic E-state index is 0.0147. The summed E-state index contributed by atoms with van der Waals surface area (Å²) >= 11 is 0. The monoisotopic (exact) mass is 179 g/mol. The van der Waals surface area contributed by atoms with Crippen molar-refractivity contribution in [2.24, 2.45) is 0 Å². The predicted octanol–water partition coefficient (Wildman–Crippen LogP) is 1.43. The molecule has 0 fully saturated rings. The number of aliphatic hydroxyl groups excluding tert-OH is 1. The lowest BCUT2D eigenvalue weighted by Gasteiger charge is -1.95. The van der Waals surface area contributed by atoms with Gasteiger partial charge in [-0.05, 0) is 11.1 Å². The molecule has 0 aliphatic heterocycles. The third-order valence-corrected chi connectivity index (χ3v) is 1.55. The average molecular weight is 179 g/mol. The van der Waals surface area contributed by atoms with E-state index in [2.05, 4.69) is 0 Å². The molecule has 0 saturated carbocycles. The van der Waals surface area contributed by atoms with Crippen molar-refractivity contribution < 1.29 is 10.0 Å². The highest BCUT2D eigenvalue weighted by atomic mass is 16.6. The SMILES string of the molecule is O=[N+]([O-])/C=C/c1ccc(CO)cc1. The normalized spacial score (nSPS) is 10.5. The molecule has 0 radical (unpaired) electrons. The maximum Gasteiger partial charge on any atom is 0.235 e. The van der Waals surface area contributed by atoms with Crippen LogP contribution in [0.3, 0.4) is 0 Å². The first-order valence-corrected chi connectivity index (χ1v) is 3.74. The molecule has 0 aromatic heterocycles. The van der Waals surface area contributed by atoms with E-state index < -0.39 is 4.92 Å². The molecule has 1 N–H and O–H groups in total. The molecule has 68 valence electrons. The molecule has 0 atom stereocenters. The molecule has 1 aromatic rings. The fourth-order valence-electron chi connectivity index (χ4n) is 0.881. The van der Waals surface area contributed by atoms with Gasteiger partial charge in [-0.15, -0.1) is 0 Å². The van der Waals surface area contributed by atoms with Crippen LogP contribution in [-0.4, -0.2) is 10.0 Å². The molecule has 0 amide bonds. The van der Waals surface area contributed by atoms with Gasteiger partial charge in [-0.25, -0.2) is 0 Å². The van der Waals surface area contributed by atoms with Gasteiger partial charge in [0.15, 0.2) is 0 Å². The number of hydrogen-bond acceptors (Lipinski definition) is 3. The summed E-state index contributed by atoms with van der Waals surface area (Å²) in [7, 11) is 0. The largest absolute Gasteiger partial charge is 0.392 e. The highest BCUT2D eigenvalue weighted by molar-refractivity contribution is 5.48. The Labute approximate surface area is 75.3 Å². The van der Waals surface area contributed by atoms with Gasteiger partial charge in [0.1, 0.15) is 0 Å². The van der Waals surface area contributed by atoms with Crippen LogP contribution in [0.5, 0.6) is 0 Å². The number of nitro groups is 1. The quantitative estimate of drug-likeness (QED) is 0.563. The standard InChI is InChI=1S/C9H9NO3/c11-7-9-3-1-8(2-4-9)5-6-10(12)13/h1-6,11H,7H2/b6-5+. The van der Waals surface area contributed by atoms with E-state index >= 15 is 0 Å². The van der Waals surface area contributed by atoms with Crippen LogP contribution in [0.1, 0.15) is 11.1 Å². The summed E-state index contributed by atoms with van der Waals surface area (Å²) in [6.45, 7) is -0.0147. The molecular formula is C9H9NO3. The topological polar surface area (TPSA) is 63.4 Å². The lowest BCUT2D eigenvalue weighted by atomic mass is 10.1. The molecule has 0 aliphatic rings. The highest BCUT2D eigenvalue weighted by Crippen LogP contribution is 2.05. The molecule has 1 rings (SSSR count). The second kappa shape index (κ2) is 4.37. The van der Waals surface area contributed by atoms with Crippen molar-refractivity contribution in [3.63, 3.8) is 0 Å². The first-order valence-electron chi connectivity index (χ1n) is 3.74. The van der Waals surface area contributed by atoms with E-state index in [1.165, 1.54) is 6.08 Å². The minimum Gasteiger partial charge on any atom is -0.392 e. The molecule has 0 spiro atoms. The van der Waals surface area contributed by atoms with Gasteiger partial charge >= 0.3 is 0 Å². The van der Waals surface area contributed by atoms with E-state index in [0.29, 0.717) is 0 Å². The third kappa shape index (κ3) is 3.04. The van der Waals surface area contributed by atoms with Crippen molar-refractivity contribution in [2.45, 2.75) is 6.61 Å². The molecule has 0 bridgehead atoms. The first-order chi connectivity index (χ1) is 6.22. The van der Waals surface area contributed by atoms with Crippen molar-refractivity contribution in [1.82, 2.24) is 0 Å². The van der Waals surface area contributed by atoms with Crippen LogP contribution >= 0.6 is 0 Å². The minimum atomic E-state index is -0.514. The Kier molecular flexibility index (Phi) is 3.16. The van der Waals surface area contributed by atoms with Gasteiger partial charge in [-0.1, -0.05) is 24.3 Å².